The van der Waals surface area contributed by atoms with Gasteiger partial charge in [-0.1, -0.05) is 48.5 Å². The van der Waals surface area contributed by atoms with Gasteiger partial charge in [0.2, 0.25) is 5.91 Å². The van der Waals surface area contributed by atoms with Crippen molar-refractivity contribution in [2.24, 2.45) is 0 Å². The first-order chi connectivity index (χ1) is 16.9. The van der Waals surface area contributed by atoms with Crippen LogP contribution >= 0.6 is 22.6 Å². The number of nitrogens with zero attached hydrogens (tertiary/aromatic N) is 1. The first kappa shape index (κ1) is 24.3. The highest BCUT2D eigenvalue weighted by molar-refractivity contribution is 14.1. The molecule has 0 saturated carbocycles. The third-order valence-electron chi connectivity index (χ3n) is 5.15. The number of halogens is 1. The number of urea groups is 1. The van der Waals surface area contributed by atoms with Crippen LogP contribution in [0.4, 0.5) is 10.5 Å². The summed E-state index contributed by atoms with van der Waals surface area (Å²) in [6.45, 7) is 0.0154. The highest BCUT2D eigenvalue weighted by Gasteiger charge is 2.35. The van der Waals surface area contributed by atoms with E-state index in [-0.39, 0.29) is 5.70 Å². The number of para-hydroxylation sites is 2. The highest BCUT2D eigenvalue weighted by Crippen LogP contribution is 2.25. The van der Waals surface area contributed by atoms with Crippen molar-refractivity contribution in [3.8, 4) is 11.5 Å². The van der Waals surface area contributed by atoms with Crippen molar-refractivity contribution in [1.82, 2.24) is 10.2 Å². The first-order valence-corrected chi connectivity index (χ1v) is 11.8. The molecule has 0 bridgehead atoms. The smallest absolute Gasteiger partial charge is 0.329 e. The molecule has 0 unspecified atom stereocenters. The van der Waals surface area contributed by atoms with Crippen LogP contribution in [0.3, 0.4) is 0 Å². The van der Waals surface area contributed by atoms with E-state index in [1.54, 1.807) is 36.4 Å². The van der Waals surface area contributed by atoms with Gasteiger partial charge in [-0.2, -0.15) is 0 Å². The molecule has 1 heterocycles. The topological polar surface area (TPSA) is 97.0 Å². The van der Waals surface area contributed by atoms with Crippen molar-refractivity contribution >= 4 is 52.2 Å². The standard InChI is InChI=1S/C26H22IN3O5/c1-34-23-10-6-5-9-20(23)28-24(31)15-30-25(32)21(29-26(30)33)14-18-11-12-22(19(27)13-18)35-16-17-7-3-2-4-8-17/h2-14H,15-16H2,1H3,(H,28,31)(H,29,33)/b21-14+. The van der Waals surface area contributed by atoms with E-state index in [0.717, 1.165) is 14.0 Å². The Hall–Kier alpha value is -3.86. The molecule has 1 aliphatic rings. The molecule has 0 spiro atoms. The van der Waals surface area contributed by atoms with Crippen molar-refractivity contribution in [2.75, 3.05) is 19.0 Å². The quantitative estimate of drug-likeness (QED) is 0.233. The third-order valence-corrected chi connectivity index (χ3v) is 5.99. The van der Waals surface area contributed by atoms with Gasteiger partial charge in [0.15, 0.2) is 0 Å². The second kappa shape index (κ2) is 11.0. The van der Waals surface area contributed by atoms with E-state index < -0.39 is 24.4 Å². The lowest BCUT2D eigenvalue weighted by atomic mass is 10.2. The lowest BCUT2D eigenvalue weighted by molar-refractivity contribution is -0.127. The number of imide groups is 1. The number of anilines is 1. The summed E-state index contributed by atoms with van der Waals surface area (Å²) in [5.74, 6) is 0.0933. The largest absolute Gasteiger partial charge is 0.495 e. The normalized spacial score (nSPS) is 14.1. The van der Waals surface area contributed by atoms with Crippen LogP contribution in [-0.4, -0.2) is 36.4 Å². The van der Waals surface area contributed by atoms with E-state index in [1.807, 2.05) is 42.5 Å². The van der Waals surface area contributed by atoms with Crippen molar-refractivity contribution in [1.29, 1.82) is 0 Å². The number of benzene rings is 3. The molecule has 1 aliphatic heterocycles. The average molecular weight is 583 g/mol. The van der Waals surface area contributed by atoms with Crippen LogP contribution in [0.15, 0.2) is 78.5 Å². The predicted octanol–water partition coefficient (Wildman–Crippen LogP) is 4.41. The highest BCUT2D eigenvalue weighted by atomic mass is 127. The van der Waals surface area contributed by atoms with Crippen molar-refractivity contribution < 1.29 is 23.9 Å². The molecule has 178 valence electrons. The number of hydrogen-bond acceptors (Lipinski definition) is 5. The van der Waals surface area contributed by atoms with E-state index in [9.17, 15) is 14.4 Å². The molecular formula is C26H22IN3O5. The number of carbonyl (C=O) groups is 3. The SMILES string of the molecule is COc1ccccc1NC(=O)CN1C(=O)N/C(=C/c2ccc(OCc3ccccc3)c(I)c2)C1=O. The Bertz CT molecular complexity index is 1290. The van der Waals surface area contributed by atoms with Gasteiger partial charge in [0, 0.05) is 0 Å². The Kier molecular flexibility index (Phi) is 7.66. The summed E-state index contributed by atoms with van der Waals surface area (Å²) in [4.78, 5) is 38.5. The lowest BCUT2D eigenvalue weighted by Crippen LogP contribution is -2.38. The van der Waals surface area contributed by atoms with Crippen LogP contribution in [0.1, 0.15) is 11.1 Å². The van der Waals surface area contributed by atoms with Gasteiger partial charge in [0.1, 0.15) is 30.3 Å². The number of nitrogens with one attached hydrogen (secondary N) is 2. The minimum atomic E-state index is -0.658. The van der Waals surface area contributed by atoms with Gasteiger partial charge in [-0.3, -0.25) is 9.59 Å². The van der Waals surface area contributed by atoms with E-state index >= 15 is 0 Å². The summed E-state index contributed by atoms with van der Waals surface area (Å²) in [7, 11) is 1.49. The Balaban J connectivity index is 1.40. The maximum Gasteiger partial charge on any atom is 0.329 e. The molecular weight excluding hydrogens is 561 g/mol. The molecule has 1 fully saturated rings. The van der Waals surface area contributed by atoms with Crippen molar-refractivity contribution in [3.05, 3.63) is 93.2 Å². The number of ether oxygens (including phenoxy) is 2. The van der Waals surface area contributed by atoms with E-state index in [0.29, 0.717) is 29.4 Å². The van der Waals surface area contributed by atoms with Crippen LogP contribution in [0.2, 0.25) is 0 Å². The maximum atomic E-state index is 12.8. The molecule has 4 amide bonds. The number of hydrogen-bond donors (Lipinski definition) is 2. The molecule has 3 aromatic rings. The number of methoxy groups -OCH3 is 1. The summed E-state index contributed by atoms with van der Waals surface area (Å²) in [6, 6.07) is 21.5. The minimum Gasteiger partial charge on any atom is -0.495 e. The summed E-state index contributed by atoms with van der Waals surface area (Å²) in [5, 5.41) is 5.19. The average Bonchev–Trinajstić information content (AvgIpc) is 3.11. The molecule has 35 heavy (non-hydrogen) atoms. The van der Waals surface area contributed by atoms with Crippen LogP contribution in [-0.2, 0) is 16.2 Å². The summed E-state index contributed by atoms with van der Waals surface area (Å²) >= 11 is 2.16. The maximum absolute atomic E-state index is 12.8. The number of amides is 4. The van der Waals surface area contributed by atoms with Gasteiger partial charge in [0.25, 0.3) is 5.91 Å². The van der Waals surface area contributed by atoms with E-state index in [2.05, 4.69) is 33.2 Å². The van der Waals surface area contributed by atoms with Gasteiger partial charge in [-0.05, 0) is 64.1 Å². The fourth-order valence-electron chi connectivity index (χ4n) is 3.42. The molecule has 8 nitrogen and oxygen atoms in total. The minimum absolute atomic E-state index is 0.0915. The monoisotopic (exact) mass is 583 g/mol. The molecule has 9 heteroatoms. The molecule has 1 saturated heterocycles. The number of carbonyl (C=O) groups excluding carboxylic acids is 3. The van der Waals surface area contributed by atoms with Gasteiger partial charge in [-0.15, -0.1) is 0 Å². The molecule has 0 aliphatic carbocycles. The summed E-state index contributed by atoms with van der Waals surface area (Å²) in [5.41, 5.74) is 2.31. The molecule has 0 aromatic heterocycles. The first-order valence-electron chi connectivity index (χ1n) is 10.7. The predicted molar refractivity (Wildman–Crippen MR) is 140 cm³/mol. The van der Waals surface area contributed by atoms with Gasteiger partial charge in [0.05, 0.1) is 16.4 Å². The summed E-state index contributed by atoms with van der Waals surface area (Å²) in [6.07, 6.45) is 1.57. The van der Waals surface area contributed by atoms with E-state index in [1.165, 1.54) is 7.11 Å². The number of rotatable bonds is 8. The molecule has 2 N–H and O–H groups in total. The van der Waals surface area contributed by atoms with Gasteiger partial charge in [-0.25, -0.2) is 9.69 Å². The van der Waals surface area contributed by atoms with Gasteiger partial charge < -0.3 is 20.1 Å². The van der Waals surface area contributed by atoms with Gasteiger partial charge >= 0.3 is 6.03 Å². The van der Waals surface area contributed by atoms with Crippen LogP contribution in [0.25, 0.3) is 6.08 Å². The third kappa shape index (κ3) is 5.99. The zero-order valence-corrected chi connectivity index (χ0v) is 20.9. The Morgan fingerprint density at radius 3 is 2.51 bits per heavy atom. The zero-order chi connectivity index (χ0) is 24.8. The molecule has 4 rings (SSSR count). The van der Waals surface area contributed by atoms with Crippen molar-refractivity contribution in [2.45, 2.75) is 6.61 Å². The van der Waals surface area contributed by atoms with E-state index in [4.69, 9.17) is 9.47 Å². The Morgan fingerprint density at radius 1 is 1.03 bits per heavy atom. The second-order valence-electron chi connectivity index (χ2n) is 7.59. The molecule has 0 atom stereocenters. The molecule has 0 radical (unpaired) electrons. The van der Waals surface area contributed by atoms with Crippen LogP contribution in [0.5, 0.6) is 11.5 Å². The zero-order valence-electron chi connectivity index (χ0n) is 18.8. The lowest BCUT2D eigenvalue weighted by Gasteiger charge is -2.13. The fourth-order valence-corrected chi connectivity index (χ4v) is 4.12. The second-order valence-corrected chi connectivity index (χ2v) is 8.75. The van der Waals surface area contributed by atoms with Crippen LogP contribution in [0, 0.1) is 3.57 Å². The fraction of sp³-hybridized carbons (Fsp3) is 0.115. The molecule has 3 aromatic carbocycles. The summed E-state index contributed by atoms with van der Waals surface area (Å²) < 4.78 is 11.9. The van der Waals surface area contributed by atoms with Crippen molar-refractivity contribution in [3.63, 3.8) is 0 Å². The Labute approximate surface area is 216 Å². The van der Waals surface area contributed by atoms with Crippen LogP contribution < -0.4 is 20.1 Å². The Morgan fingerprint density at radius 2 is 1.77 bits per heavy atom.